The summed E-state index contributed by atoms with van der Waals surface area (Å²) < 4.78 is 27.5. The predicted octanol–water partition coefficient (Wildman–Crippen LogP) is 0.873. The number of halogens is 2. The standard InChI is InChI=1S/C7H12BrClN4O2S/c1-3-5(9)4-10-16(14,15)7-6(8)11-12-13(7)2/h5,10H,3-4H2,1-2H3. The molecule has 1 unspecified atom stereocenters. The molecule has 0 aliphatic rings. The van der Waals surface area contributed by atoms with E-state index in [1.165, 1.54) is 11.7 Å². The van der Waals surface area contributed by atoms with Crippen LogP contribution in [0.4, 0.5) is 0 Å². The summed E-state index contributed by atoms with van der Waals surface area (Å²) in [4.78, 5) is 0. The lowest BCUT2D eigenvalue weighted by Gasteiger charge is -2.09. The molecule has 0 aliphatic carbocycles. The normalized spacial score (nSPS) is 14.0. The van der Waals surface area contributed by atoms with Gasteiger partial charge in [-0.25, -0.2) is 17.8 Å². The van der Waals surface area contributed by atoms with E-state index in [0.29, 0.717) is 6.42 Å². The van der Waals surface area contributed by atoms with Gasteiger partial charge in [0.2, 0.25) is 5.03 Å². The lowest BCUT2D eigenvalue weighted by molar-refractivity contribution is 0.558. The fraction of sp³-hybridized carbons (Fsp3) is 0.714. The Hall–Kier alpha value is -0.180. The smallest absolute Gasteiger partial charge is 0.235 e. The van der Waals surface area contributed by atoms with Gasteiger partial charge in [-0.3, -0.25) is 0 Å². The molecule has 6 nitrogen and oxygen atoms in total. The highest BCUT2D eigenvalue weighted by atomic mass is 79.9. The molecule has 1 atom stereocenters. The van der Waals surface area contributed by atoms with Crippen LogP contribution in [0.2, 0.25) is 0 Å². The Kier molecular flexibility index (Phi) is 4.72. The molecule has 0 aromatic carbocycles. The van der Waals surface area contributed by atoms with Crippen molar-refractivity contribution in [2.75, 3.05) is 6.54 Å². The summed E-state index contributed by atoms with van der Waals surface area (Å²) in [7, 11) is -2.12. The zero-order valence-corrected chi connectivity index (χ0v) is 12.0. The van der Waals surface area contributed by atoms with E-state index >= 15 is 0 Å². The molecule has 0 radical (unpaired) electrons. The van der Waals surface area contributed by atoms with Crippen molar-refractivity contribution in [3.63, 3.8) is 0 Å². The quantitative estimate of drug-likeness (QED) is 0.812. The van der Waals surface area contributed by atoms with E-state index in [0.717, 1.165) is 0 Å². The topological polar surface area (TPSA) is 76.9 Å². The number of aryl methyl sites for hydroxylation is 1. The second-order valence-corrected chi connectivity index (χ2v) is 6.22. The van der Waals surface area contributed by atoms with Crippen molar-refractivity contribution < 1.29 is 8.42 Å². The molecule has 0 bridgehead atoms. The molecule has 1 aromatic rings. The molecule has 9 heteroatoms. The molecular formula is C7H12BrClN4O2S. The molecule has 0 fully saturated rings. The van der Waals surface area contributed by atoms with Gasteiger partial charge in [-0.05, 0) is 22.4 Å². The number of sulfonamides is 1. The van der Waals surface area contributed by atoms with Crippen LogP contribution >= 0.6 is 27.5 Å². The minimum absolute atomic E-state index is 0.00697. The predicted molar refractivity (Wildman–Crippen MR) is 63.8 cm³/mol. The summed E-state index contributed by atoms with van der Waals surface area (Å²) in [6.45, 7) is 2.06. The van der Waals surface area contributed by atoms with Gasteiger partial charge in [0.1, 0.15) is 0 Å². The maximum atomic E-state index is 11.9. The average molecular weight is 332 g/mol. The number of alkyl halides is 1. The lowest BCUT2D eigenvalue weighted by Crippen LogP contribution is -2.31. The van der Waals surface area contributed by atoms with Crippen LogP contribution in [0.5, 0.6) is 0 Å². The minimum atomic E-state index is -3.63. The first kappa shape index (κ1) is 13.9. The minimum Gasteiger partial charge on any atom is -0.235 e. The molecular weight excluding hydrogens is 320 g/mol. The van der Waals surface area contributed by atoms with Crippen molar-refractivity contribution in [2.24, 2.45) is 7.05 Å². The van der Waals surface area contributed by atoms with E-state index < -0.39 is 10.0 Å². The second-order valence-electron chi connectivity index (χ2n) is 3.17. The first-order chi connectivity index (χ1) is 7.38. The third-order valence-electron chi connectivity index (χ3n) is 1.93. The Bertz CT molecular complexity index is 441. The van der Waals surface area contributed by atoms with Crippen molar-refractivity contribution in [1.82, 2.24) is 19.7 Å². The molecule has 1 rings (SSSR count). The van der Waals surface area contributed by atoms with E-state index in [1.807, 2.05) is 6.92 Å². The molecule has 0 spiro atoms. The summed E-state index contributed by atoms with van der Waals surface area (Å²) in [5.74, 6) is 0. The van der Waals surface area contributed by atoms with Gasteiger partial charge in [0.05, 0.1) is 0 Å². The van der Waals surface area contributed by atoms with Gasteiger partial charge >= 0.3 is 0 Å². The van der Waals surface area contributed by atoms with Crippen LogP contribution in [-0.2, 0) is 17.1 Å². The Balaban J connectivity index is 2.87. The Morgan fingerprint density at radius 1 is 1.62 bits per heavy atom. The van der Waals surface area contributed by atoms with Gasteiger partial charge < -0.3 is 0 Å². The van der Waals surface area contributed by atoms with Crippen LogP contribution < -0.4 is 4.72 Å². The lowest BCUT2D eigenvalue weighted by atomic mass is 10.3. The zero-order chi connectivity index (χ0) is 12.3. The summed E-state index contributed by atoms with van der Waals surface area (Å²) in [5, 5.41) is 6.97. The van der Waals surface area contributed by atoms with E-state index in [2.05, 4.69) is 31.0 Å². The SMILES string of the molecule is CCC(Cl)CNS(=O)(=O)c1c(Br)nnn1C. The molecule has 92 valence electrons. The van der Waals surface area contributed by atoms with Crippen molar-refractivity contribution in [3.8, 4) is 0 Å². The van der Waals surface area contributed by atoms with Crippen LogP contribution in [-0.4, -0.2) is 35.3 Å². The number of nitrogens with zero attached hydrogens (tertiary/aromatic N) is 3. The van der Waals surface area contributed by atoms with E-state index in [4.69, 9.17) is 11.6 Å². The van der Waals surface area contributed by atoms with Gasteiger partial charge in [-0.1, -0.05) is 12.1 Å². The largest absolute Gasteiger partial charge is 0.260 e. The first-order valence-electron chi connectivity index (χ1n) is 4.57. The van der Waals surface area contributed by atoms with Crippen molar-refractivity contribution in [1.29, 1.82) is 0 Å². The van der Waals surface area contributed by atoms with Gasteiger partial charge in [0.25, 0.3) is 10.0 Å². The monoisotopic (exact) mass is 330 g/mol. The Morgan fingerprint density at radius 3 is 2.69 bits per heavy atom. The van der Waals surface area contributed by atoms with Crippen molar-refractivity contribution in [2.45, 2.75) is 23.7 Å². The van der Waals surface area contributed by atoms with E-state index in [1.54, 1.807) is 0 Å². The molecule has 16 heavy (non-hydrogen) atoms. The third kappa shape index (κ3) is 3.16. The van der Waals surface area contributed by atoms with Gasteiger partial charge in [-0.2, -0.15) is 0 Å². The molecule has 1 heterocycles. The summed E-state index contributed by atoms with van der Waals surface area (Å²) in [6.07, 6.45) is 0.689. The zero-order valence-electron chi connectivity index (χ0n) is 8.81. The van der Waals surface area contributed by atoms with E-state index in [9.17, 15) is 8.42 Å². The maximum absolute atomic E-state index is 11.9. The molecule has 0 aliphatic heterocycles. The number of nitrogens with one attached hydrogen (secondary N) is 1. The number of hydrogen-bond donors (Lipinski definition) is 1. The second kappa shape index (κ2) is 5.44. The number of hydrogen-bond acceptors (Lipinski definition) is 4. The summed E-state index contributed by atoms with van der Waals surface area (Å²) in [6, 6.07) is 0. The maximum Gasteiger partial charge on any atom is 0.260 e. The Labute approximate surface area is 108 Å². The Morgan fingerprint density at radius 2 is 2.25 bits per heavy atom. The third-order valence-corrected chi connectivity index (χ3v) is 4.70. The van der Waals surface area contributed by atoms with Crippen LogP contribution in [0.25, 0.3) is 0 Å². The van der Waals surface area contributed by atoms with Gasteiger partial charge in [0.15, 0.2) is 4.60 Å². The number of aromatic nitrogens is 3. The van der Waals surface area contributed by atoms with Gasteiger partial charge in [0, 0.05) is 19.0 Å². The van der Waals surface area contributed by atoms with Crippen LogP contribution in [0.15, 0.2) is 9.63 Å². The first-order valence-corrected chi connectivity index (χ1v) is 7.28. The fourth-order valence-electron chi connectivity index (χ4n) is 1.02. The van der Waals surface area contributed by atoms with Gasteiger partial charge in [-0.15, -0.1) is 16.7 Å². The van der Waals surface area contributed by atoms with Crippen molar-refractivity contribution >= 4 is 37.6 Å². The fourth-order valence-corrected chi connectivity index (χ4v) is 3.36. The molecule has 0 amide bonds. The van der Waals surface area contributed by atoms with Crippen LogP contribution in [0, 0.1) is 0 Å². The highest BCUT2D eigenvalue weighted by Crippen LogP contribution is 2.17. The van der Waals surface area contributed by atoms with Crippen LogP contribution in [0.1, 0.15) is 13.3 Å². The molecule has 1 aromatic heterocycles. The molecule has 0 saturated carbocycles. The van der Waals surface area contributed by atoms with E-state index in [-0.39, 0.29) is 21.6 Å². The molecule has 0 saturated heterocycles. The highest BCUT2D eigenvalue weighted by molar-refractivity contribution is 9.10. The highest BCUT2D eigenvalue weighted by Gasteiger charge is 2.24. The van der Waals surface area contributed by atoms with Crippen LogP contribution in [0.3, 0.4) is 0 Å². The summed E-state index contributed by atoms with van der Waals surface area (Å²) in [5.41, 5.74) is 0. The number of rotatable bonds is 5. The average Bonchev–Trinajstić information content (AvgIpc) is 2.55. The van der Waals surface area contributed by atoms with Crippen molar-refractivity contribution in [3.05, 3.63) is 4.60 Å². The summed E-state index contributed by atoms with van der Waals surface area (Å²) >= 11 is 8.87. The molecule has 1 N–H and O–H groups in total.